The number of pyridine rings is 1. The fraction of sp³-hybridized carbons (Fsp3) is 0.357. The second-order valence-electron chi connectivity index (χ2n) is 5.59. The van der Waals surface area contributed by atoms with E-state index >= 15 is 0 Å². The Labute approximate surface area is 122 Å². The molecule has 2 aromatic rings. The molecule has 5 nitrogen and oxygen atoms in total. The SMILES string of the molecule is Cn1cc(Sc2cc(C(=O)O)cc(C(C)(C)C)n2)cn1. The first-order valence-electron chi connectivity index (χ1n) is 6.18. The fourth-order valence-corrected chi connectivity index (χ4v) is 2.51. The molecule has 0 aliphatic carbocycles. The smallest absolute Gasteiger partial charge is 0.335 e. The van der Waals surface area contributed by atoms with Crippen molar-refractivity contribution < 1.29 is 9.90 Å². The molecule has 2 rings (SSSR count). The Morgan fingerprint density at radius 2 is 2.05 bits per heavy atom. The first-order chi connectivity index (χ1) is 9.25. The number of nitrogens with zero attached hydrogens (tertiary/aromatic N) is 3. The number of carboxylic acid groups (broad SMARTS) is 1. The first-order valence-corrected chi connectivity index (χ1v) is 7.00. The van der Waals surface area contributed by atoms with Crippen LogP contribution < -0.4 is 0 Å². The summed E-state index contributed by atoms with van der Waals surface area (Å²) in [6, 6.07) is 3.23. The highest BCUT2D eigenvalue weighted by atomic mass is 32.2. The van der Waals surface area contributed by atoms with Crippen molar-refractivity contribution in [3.8, 4) is 0 Å². The number of hydrogen-bond acceptors (Lipinski definition) is 4. The van der Waals surface area contributed by atoms with E-state index in [4.69, 9.17) is 0 Å². The van der Waals surface area contributed by atoms with Gasteiger partial charge in [-0.1, -0.05) is 32.5 Å². The molecule has 0 aliphatic heterocycles. The van der Waals surface area contributed by atoms with Crippen molar-refractivity contribution in [1.82, 2.24) is 14.8 Å². The van der Waals surface area contributed by atoms with E-state index in [1.165, 1.54) is 11.8 Å². The normalized spacial score (nSPS) is 11.6. The molecule has 0 unspecified atom stereocenters. The third kappa shape index (κ3) is 3.39. The lowest BCUT2D eigenvalue weighted by atomic mass is 9.91. The highest BCUT2D eigenvalue weighted by Crippen LogP contribution is 2.29. The van der Waals surface area contributed by atoms with Crippen LogP contribution in [0.25, 0.3) is 0 Å². The summed E-state index contributed by atoms with van der Waals surface area (Å²) in [4.78, 5) is 16.7. The zero-order valence-corrected chi connectivity index (χ0v) is 12.7. The molecule has 0 radical (unpaired) electrons. The lowest BCUT2D eigenvalue weighted by Gasteiger charge is -2.19. The minimum Gasteiger partial charge on any atom is -0.478 e. The molecular formula is C14H17N3O2S. The molecule has 0 saturated heterocycles. The summed E-state index contributed by atoms with van der Waals surface area (Å²) in [7, 11) is 1.84. The summed E-state index contributed by atoms with van der Waals surface area (Å²) in [6.45, 7) is 6.04. The predicted octanol–water partition coefficient (Wildman–Crippen LogP) is 2.96. The van der Waals surface area contributed by atoms with Crippen LogP contribution in [0.1, 0.15) is 36.8 Å². The molecule has 0 atom stereocenters. The van der Waals surface area contributed by atoms with Crippen molar-refractivity contribution in [3.63, 3.8) is 0 Å². The Morgan fingerprint density at radius 3 is 2.55 bits per heavy atom. The second kappa shape index (κ2) is 5.28. The number of carboxylic acids is 1. The molecule has 0 spiro atoms. The van der Waals surface area contributed by atoms with Crippen molar-refractivity contribution >= 4 is 17.7 Å². The van der Waals surface area contributed by atoms with Crippen molar-refractivity contribution in [2.75, 3.05) is 0 Å². The summed E-state index contributed by atoms with van der Waals surface area (Å²) in [5.41, 5.74) is 0.829. The third-order valence-corrected chi connectivity index (χ3v) is 3.59. The Hall–Kier alpha value is -1.82. The molecule has 0 bridgehead atoms. The van der Waals surface area contributed by atoms with Crippen molar-refractivity contribution in [3.05, 3.63) is 35.8 Å². The van der Waals surface area contributed by atoms with Crippen LogP contribution >= 0.6 is 11.8 Å². The maximum absolute atomic E-state index is 11.2. The van der Waals surface area contributed by atoms with Crippen LogP contribution in [-0.4, -0.2) is 25.8 Å². The van der Waals surface area contributed by atoms with Crippen molar-refractivity contribution in [2.24, 2.45) is 7.05 Å². The van der Waals surface area contributed by atoms with Gasteiger partial charge in [-0.05, 0) is 12.1 Å². The number of aromatic nitrogens is 3. The Balaban J connectivity index is 2.41. The Morgan fingerprint density at radius 1 is 1.35 bits per heavy atom. The summed E-state index contributed by atoms with van der Waals surface area (Å²) >= 11 is 1.41. The van der Waals surface area contributed by atoms with E-state index in [0.717, 1.165) is 10.6 Å². The molecule has 0 aromatic carbocycles. The standard InChI is InChI=1S/C14H17N3O2S/c1-14(2,3)11-5-9(13(18)19)6-12(16-11)20-10-7-15-17(4)8-10/h5-8H,1-4H3,(H,18,19). The molecule has 20 heavy (non-hydrogen) atoms. The van der Waals surface area contributed by atoms with Gasteiger partial charge in [-0.25, -0.2) is 9.78 Å². The van der Waals surface area contributed by atoms with E-state index in [1.54, 1.807) is 23.0 Å². The monoisotopic (exact) mass is 291 g/mol. The zero-order chi connectivity index (χ0) is 14.9. The second-order valence-corrected chi connectivity index (χ2v) is 6.68. The molecule has 0 fully saturated rings. The van der Waals surface area contributed by atoms with Crippen LogP contribution in [-0.2, 0) is 12.5 Å². The topological polar surface area (TPSA) is 68.0 Å². The molecule has 2 aromatic heterocycles. The minimum atomic E-state index is -0.939. The number of rotatable bonds is 3. The van der Waals surface area contributed by atoms with Crippen LogP contribution in [0.5, 0.6) is 0 Å². The first kappa shape index (κ1) is 14.6. The van der Waals surface area contributed by atoms with Gasteiger partial charge in [0.2, 0.25) is 0 Å². The molecule has 6 heteroatoms. The van der Waals surface area contributed by atoms with Gasteiger partial charge in [0.05, 0.1) is 16.7 Å². The number of aromatic carboxylic acids is 1. The van der Waals surface area contributed by atoms with Crippen LogP contribution in [0.2, 0.25) is 0 Å². The number of hydrogen-bond donors (Lipinski definition) is 1. The van der Waals surface area contributed by atoms with Crippen LogP contribution in [0.4, 0.5) is 0 Å². The van der Waals surface area contributed by atoms with E-state index in [1.807, 2.05) is 34.0 Å². The highest BCUT2D eigenvalue weighted by molar-refractivity contribution is 7.99. The summed E-state index contributed by atoms with van der Waals surface area (Å²) in [6.07, 6.45) is 3.60. The zero-order valence-electron chi connectivity index (χ0n) is 11.9. The van der Waals surface area contributed by atoms with Gasteiger partial charge in [0, 0.05) is 24.4 Å². The molecule has 2 heterocycles. The molecule has 0 aliphatic rings. The van der Waals surface area contributed by atoms with Crippen LogP contribution in [0, 0.1) is 0 Å². The predicted molar refractivity (Wildman–Crippen MR) is 77.2 cm³/mol. The van der Waals surface area contributed by atoms with E-state index in [-0.39, 0.29) is 11.0 Å². The van der Waals surface area contributed by atoms with E-state index in [0.29, 0.717) is 5.03 Å². The Bertz CT molecular complexity index is 644. The summed E-state index contributed by atoms with van der Waals surface area (Å²) in [5, 5.41) is 14.0. The number of carbonyl (C=O) groups is 1. The van der Waals surface area contributed by atoms with Gasteiger partial charge < -0.3 is 5.11 Å². The Kier molecular flexibility index (Phi) is 3.85. The maximum Gasteiger partial charge on any atom is 0.335 e. The van der Waals surface area contributed by atoms with E-state index in [2.05, 4.69) is 10.1 Å². The summed E-state index contributed by atoms with van der Waals surface area (Å²) in [5.74, 6) is -0.939. The quantitative estimate of drug-likeness (QED) is 0.941. The van der Waals surface area contributed by atoms with Gasteiger partial charge in [0.1, 0.15) is 5.03 Å². The van der Waals surface area contributed by atoms with Crippen molar-refractivity contribution in [1.29, 1.82) is 0 Å². The van der Waals surface area contributed by atoms with Gasteiger partial charge in [-0.15, -0.1) is 0 Å². The van der Waals surface area contributed by atoms with Crippen molar-refractivity contribution in [2.45, 2.75) is 36.1 Å². The molecule has 0 amide bonds. The lowest BCUT2D eigenvalue weighted by Crippen LogP contribution is -2.15. The van der Waals surface area contributed by atoms with Crippen LogP contribution in [0.3, 0.4) is 0 Å². The fourth-order valence-electron chi connectivity index (χ4n) is 1.64. The van der Waals surface area contributed by atoms with E-state index in [9.17, 15) is 9.90 Å². The van der Waals surface area contributed by atoms with Gasteiger partial charge in [-0.2, -0.15) is 5.10 Å². The third-order valence-electron chi connectivity index (χ3n) is 2.72. The van der Waals surface area contributed by atoms with Crippen LogP contribution in [0.15, 0.2) is 34.4 Å². The maximum atomic E-state index is 11.2. The summed E-state index contributed by atoms with van der Waals surface area (Å²) < 4.78 is 1.70. The molecule has 0 saturated carbocycles. The lowest BCUT2D eigenvalue weighted by molar-refractivity contribution is 0.0696. The largest absolute Gasteiger partial charge is 0.478 e. The molecular weight excluding hydrogens is 274 g/mol. The average Bonchev–Trinajstić information content (AvgIpc) is 2.73. The molecule has 1 N–H and O–H groups in total. The van der Waals surface area contributed by atoms with Gasteiger partial charge in [-0.3, -0.25) is 4.68 Å². The highest BCUT2D eigenvalue weighted by Gasteiger charge is 2.19. The van der Waals surface area contributed by atoms with E-state index < -0.39 is 5.97 Å². The average molecular weight is 291 g/mol. The van der Waals surface area contributed by atoms with Gasteiger partial charge in [0.25, 0.3) is 0 Å². The van der Waals surface area contributed by atoms with Gasteiger partial charge >= 0.3 is 5.97 Å². The number of aryl methyl sites for hydroxylation is 1. The van der Waals surface area contributed by atoms with Gasteiger partial charge in [0.15, 0.2) is 0 Å². The minimum absolute atomic E-state index is 0.199. The molecule has 106 valence electrons.